The summed E-state index contributed by atoms with van der Waals surface area (Å²) in [5.74, 6) is 0.0618. The summed E-state index contributed by atoms with van der Waals surface area (Å²) in [6.07, 6.45) is 1.88. The number of pyridine rings is 1. The van der Waals surface area contributed by atoms with E-state index in [0.717, 1.165) is 16.4 Å². The number of hydrogen-bond acceptors (Lipinski definition) is 4. The number of esters is 1. The number of benzene rings is 1. The van der Waals surface area contributed by atoms with Gasteiger partial charge in [0, 0.05) is 23.6 Å². The lowest BCUT2D eigenvalue weighted by Gasteiger charge is -2.03. The molecular weight excluding hydrogens is 314 g/mol. The van der Waals surface area contributed by atoms with Crippen molar-refractivity contribution in [2.45, 2.75) is 4.90 Å². The molecule has 0 saturated carbocycles. The van der Waals surface area contributed by atoms with E-state index in [1.807, 2.05) is 40.9 Å². The molecule has 0 fully saturated rings. The lowest BCUT2D eigenvalue weighted by Crippen LogP contribution is -2.04. The molecule has 0 saturated heterocycles. The van der Waals surface area contributed by atoms with Crippen molar-refractivity contribution < 1.29 is 18.5 Å². The summed E-state index contributed by atoms with van der Waals surface area (Å²) >= 11 is 0. The Bertz CT molecular complexity index is 900. The maximum atomic E-state index is 12.3. The molecule has 1 aromatic carbocycles. The van der Waals surface area contributed by atoms with E-state index in [0.29, 0.717) is 22.8 Å². The number of nitrogens with zero attached hydrogens (tertiary/aromatic N) is 1. The Balaban J connectivity index is 2.21. The first-order valence-corrected chi connectivity index (χ1v) is 8.47. The zero-order chi connectivity index (χ0) is 16.4. The number of rotatable bonds is 5. The first-order valence-electron chi connectivity index (χ1n) is 7.16. The van der Waals surface area contributed by atoms with Gasteiger partial charge in [-0.3, -0.25) is 4.21 Å². The molecule has 0 aliphatic heterocycles. The number of fused-ring (bicyclic) bond motifs is 3. The van der Waals surface area contributed by atoms with Crippen LogP contribution >= 0.6 is 0 Å². The van der Waals surface area contributed by atoms with E-state index in [1.165, 1.54) is 7.11 Å². The molecule has 0 N–H and O–H groups in total. The number of aromatic nitrogens is 1. The van der Waals surface area contributed by atoms with E-state index < -0.39 is 10.8 Å². The first kappa shape index (κ1) is 15.7. The molecule has 120 valence electrons. The van der Waals surface area contributed by atoms with Gasteiger partial charge in [0.25, 0.3) is 0 Å². The van der Waals surface area contributed by atoms with Crippen molar-refractivity contribution in [1.82, 2.24) is 4.40 Å². The van der Waals surface area contributed by atoms with E-state index >= 15 is 0 Å². The van der Waals surface area contributed by atoms with E-state index in [1.54, 1.807) is 13.2 Å². The second kappa shape index (κ2) is 6.52. The minimum Gasteiger partial charge on any atom is -0.465 e. The Morgan fingerprint density at radius 2 is 2.00 bits per heavy atom. The average molecular weight is 331 g/mol. The zero-order valence-corrected chi connectivity index (χ0v) is 13.8. The van der Waals surface area contributed by atoms with Gasteiger partial charge in [-0.1, -0.05) is 12.1 Å². The highest BCUT2D eigenvalue weighted by atomic mass is 32.2. The highest BCUT2D eigenvalue weighted by Gasteiger charge is 2.19. The third-order valence-corrected chi connectivity index (χ3v) is 5.06. The molecule has 0 amide bonds. The molecule has 0 spiro atoms. The van der Waals surface area contributed by atoms with Crippen molar-refractivity contribution in [3.8, 4) is 0 Å². The monoisotopic (exact) mass is 331 g/mol. The average Bonchev–Trinajstić information content (AvgIpc) is 2.92. The fourth-order valence-electron chi connectivity index (χ4n) is 2.65. The molecule has 1 unspecified atom stereocenters. The van der Waals surface area contributed by atoms with Gasteiger partial charge in [-0.15, -0.1) is 0 Å². The van der Waals surface area contributed by atoms with Gasteiger partial charge in [0.05, 0.1) is 46.9 Å². The van der Waals surface area contributed by atoms with Crippen LogP contribution in [0.2, 0.25) is 0 Å². The van der Waals surface area contributed by atoms with E-state index in [9.17, 15) is 9.00 Å². The summed E-state index contributed by atoms with van der Waals surface area (Å²) in [7, 11) is 1.82. The molecule has 6 heteroatoms. The van der Waals surface area contributed by atoms with Crippen LogP contribution in [0.4, 0.5) is 0 Å². The highest BCUT2D eigenvalue weighted by Crippen LogP contribution is 2.29. The van der Waals surface area contributed by atoms with Gasteiger partial charge in [-0.2, -0.15) is 0 Å². The lowest BCUT2D eigenvalue weighted by atomic mass is 10.1. The molecule has 0 aliphatic rings. The molecular formula is C17H17NO4S. The minimum atomic E-state index is -1.14. The summed E-state index contributed by atoms with van der Waals surface area (Å²) in [4.78, 5) is 12.9. The Kier molecular flexibility index (Phi) is 4.45. The molecule has 3 aromatic rings. The second-order valence-corrected chi connectivity index (χ2v) is 6.61. The van der Waals surface area contributed by atoms with Gasteiger partial charge in [-0.25, -0.2) is 4.79 Å². The standard InChI is InChI=1S/C17H17NO4S/c1-21-9-10-23(20)12-6-7-13-15(11-12)18-8-4-3-5-14(18)16(13)17(19)22-2/h3-8,11H,9-10H2,1-2H3. The Hall–Kier alpha value is -2.18. The fraction of sp³-hybridized carbons (Fsp3) is 0.235. The smallest absolute Gasteiger partial charge is 0.340 e. The van der Waals surface area contributed by atoms with Crippen molar-refractivity contribution in [1.29, 1.82) is 0 Å². The van der Waals surface area contributed by atoms with Gasteiger partial charge in [-0.05, 0) is 24.3 Å². The molecule has 2 aromatic heterocycles. The molecule has 0 aliphatic carbocycles. The van der Waals surface area contributed by atoms with Gasteiger partial charge < -0.3 is 13.9 Å². The minimum absolute atomic E-state index is 0.378. The molecule has 0 bridgehead atoms. The Labute approximate surface area is 136 Å². The fourth-order valence-corrected chi connectivity index (χ4v) is 3.67. The third-order valence-electron chi connectivity index (χ3n) is 3.74. The number of methoxy groups -OCH3 is 2. The van der Waals surface area contributed by atoms with Gasteiger partial charge in [0.15, 0.2) is 0 Å². The normalized spacial score (nSPS) is 12.6. The van der Waals surface area contributed by atoms with E-state index in [-0.39, 0.29) is 5.97 Å². The van der Waals surface area contributed by atoms with Crippen molar-refractivity contribution in [2.24, 2.45) is 0 Å². The summed E-state index contributed by atoms with van der Waals surface area (Å²) in [6.45, 7) is 0.437. The van der Waals surface area contributed by atoms with Crippen LogP contribution in [0.25, 0.3) is 16.4 Å². The van der Waals surface area contributed by atoms with Crippen LogP contribution in [-0.2, 0) is 20.3 Å². The summed E-state index contributed by atoms with van der Waals surface area (Å²) in [5, 5.41) is 0.788. The number of carbonyl (C=O) groups excluding carboxylic acids is 1. The van der Waals surface area contributed by atoms with Crippen LogP contribution in [0.3, 0.4) is 0 Å². The molecule has 3 rings (SSSR count). The molecule has 0 radical (unpaired) electrons. The van der Waals surface area contributed by atoms with Crippen LogP contribution in [0.5, 0.6) is 0 Å². The lowest BCUT2D eigenvalue weighted by molar-refractivity contribution is 0.0605. The first-order chi connectivity index (χ1) is 11.2. The SMILES string of the molecule is COCCS(=O)c1ccc2c(C(=O)OC)c3ccccn3c2c1. The number of hydrogen-bond donors (Lipinski definition) is 0. The maximum Gasteiger partial charge on any atom is 0.340 e. The van der Waals surface area contributed by atoms with Crippen molar-refractivity contribution in [3.63, 3.8) is 0 Å². The Morgan fingerprint density at radius 3 is 2.74 bits per heavy atom. The van der Waals surface area contributed by atoms with Gasteiger partial charge >= 0.3 is 5.97 Å². The van der Waals surface area contributed by atoms with E-state index in [2.05, 4.69) is 0 Å². The van der Waals surface area contributed by atoms with Crippen LogP contribution in [-0.4, -0.2) is 41.2 Å². The Morgan fingerprint density at radius 1 is 1.17 bits per heavy atom. The summed E-state index contributed by atoms with van der Waals surface area (Å²) < 4.78 is 24.1. The van der Waals surface area contributed by atoms with Crippen molar-refractivity contribution in [3.05, 3.63) is 48.2 Å². The quantitative estimate of drug-likeness (QED) is 0.675. The van der Waals surface area contributed by atoms with Gasteiger partial charge in [0.2, 0.25) is 0 Å². The molecule has 1 atom stereocenters. The van der Waals surface area contributed by atoms with Crippen molar-refractivity contribution in [2.75, 3.05) is 26.6 Å². The molecule has 2 heterocycles. The van der Waals surface area contributed by atoms with E-state index in [4.69, 9.17) is 9.47 Å². The predicted octanol–water partition coefficient (Wildman–Crippen LogP) is 2.63. The maximum absolute atomic E-state index is 12.3. The zero-order valence-electron chi connectivity index (χ0n) is 12.9. The van der Waals surface area contributed by atoms with Crippen LogP contribution in [0, 0.1) is 0 Å². The van der Waals surface area contributed by atoms with Crippen LogP contribution in [0.1, 0.15) is 10.4 Å². The summed E-state index contributed by atoms with van der Waals surface area (Å²) in [6, 6.07) is 11.1. The highest BCUT2D eigenvalue weighted by molar-refractivity contribution is 7.85. The van der Waals surface area contributed by atoms with Crippen LogP contribution < -0.4 is 0 Å². The predicted molar refractivity (Wildman–Crippen MR) is 89.4 cm³/mol. The number of carbonyl (C=O) groups is 1. The topological polar surface area (TPSA) is 57.0 Å². The van der Waals surface area contributed by atoms with Gasteiger partial charge in [0.1, 0.15) is 0 Å². The third kappa shape index (κ3) is 2.75. The van der Waals surface area contributed by atoms with Crippen LogP contribution in [0.15, 0.2) is 47.5 Å². The second-order valence-electron chi connectivity index (χ2n) is 5.04. The number of ether oxygens (including phenoxy) is 2. The molecule has 5 nitrogen and oxygen atoms in total. The summed E-state index contributed by atoms with van der Waals surface area (Å²) in [5.41, 5.74) is 2.13. The largest absolute Gasteiger partial charge is 0.465 e. The van der Waals surface area contributed by atoms with Crippen molar-refractivity contribution >= 4 is 33.2 Å². The molecule has 23 heavy (non-hydrogen) atoms.